The molecule has 2 atom stereocenters. The Morgan fingerprint density at radius 3 is 2.56 bits per heavy atom. The summed E-state index contributed by atoms with van der Waals surface area (Å²) < 4.78 is 4.64. The lowest BCUT2D eigenvalue weighted by molar-refractivity contribution is -0.157. The molecule has 2 unspecified atom stereocenters. The van der Waals surface area contributed by atoms with Gasteiger partial charge in [0.1, 0.15) is 5.78 Å². The number of rotatable bonds is 3. The highest BCUT2D eigenvalue weighted by Gasteiger charge is 2.35. The summed E-state index contributed by atoms with van der Waals surface area (Å²) in [5.74, 6) is -2.52. The average Bonchev–Trinajstić information content (AvgIpc) is 2.42. The van der Waals surface area contributed by atoms with Crippen LogP contribution in [0.2, 0.25) is 0 Å². The Balaban J connectivity index is 2.72. The molecule has 90 valence electrons. The van der Waals surface area contributed by atoms with Gasteiger partial charge in [-0.25, -0.2) is 4.79 Å². The van der Waals surface area contributed by atoms with Gasteiger partial charge in [-0.1, -0.05) is 19.8 Å². The molecule has 1 aliphatic rings. The fourth-order valence-corrected chi connectivity index (χ4v) is 2.03. The molecule has 0 aromatic carbocycles. The highest BCUT2D eigenvalue weighted by Crippen LogP contribution is 2.25. The molecule has 1 saturated carbocycles. The van der Waals surface area contributed by atoms with Gasteiger partial charge in [0, 0.05) is 5.92 Å². The van der Waals surface area contributed by atoms with E-state index in [-0.39, 0.29) is 18.3 Å². The van der Waals surface area contributed by atoms with Crippen LogP contribution in [-0.2, 0) is 19.1 Å². The van der Waals surface area contributed by atoms with E-state index in [1.54, 1.807) is 6.92 Å². The Kier molecular flexibility index (Phi) is 4.65. The van der Waals surface area contributed by atoms with E-state index in [9.17, 15) is 14.4 Å². The molecule has 16 heavy (non-hydrogen) atoms. The van der Waals surface area contributed by atoms with E-state index in [1.807, 2.05) is 6.92 Å². The Hall–Kier alpha value is -1.19. The van der Waals surface area contributed by atoms with Crippen molar-refractivity contribution in [1.82, 2.24) is 0 Å². The molecule has 0 amide bonds. The Bertz CT molecular complexity index is 295. The van der Waals surface area contributed by atoms with Crippen LogP contribution in [0.25, 0.3) is 0 Å². The second kappa shape index (κ2) is 5.77. The lowest BCUT2D eigenvalue weighted by Crippen LogP contribution is -2.33. The van der Waals surface area contributed by atoms with Crippen LogP contribution in [0.5, 0.6) is 0 Å². The van der Waals surface area contributed by atoms with Crippen molar-refractivity contribution < 1.29 is 19.1 Å². The van der Waals surface area contributed by atoms with Crippen molar-refractivity contribution in [1.29, 1.82) is 0 Å². The summed E-state index contributed by atoms with van der Waals surface area (Å²) in [6.45, 7) is 3.63. The number of carbonyl (C=O) groups excluding carboxylic acids is 3. The Morgan fingerprint density at radius 1 is 1.31 bits per heavy atom. The normalized spacial score (nSPS) is 26.0. The van der Waals surface area contributed by atoms with E-state index in [0.29, 0.717) is 6.42 Å². The first-order chi connectivity index (χ1) is 7.57. The van der Waals surface area contributed by atoms with Crippen molar-refractivity contribution in [2.45, 2.75) is 39.5 Å². The molecule has 1 fully saturated rings. The van der Waals surface area contributed by atoms with Crippen LogP contribution in [0.15, 0.2) is 0 Å². The molecule has 1 aliphatic carbocycles. The molecule has 4 nitrogen and oxygen atoms in total. The second-order valence-corrected chi connectivity index (χ2v) is 4.23. The summed E-state index contributed by atoms with van der Waals surface area (Å²) in [5, 5.41) is 0. The molecule has 0 aromatic heterocycles. The lowest BCUT2D eigenvalue weighted by atomic mass is 9.89. The van der Waals surface area contributed by atoms with Gasteiger partial charge in [-0.05, 0) is 19.8 Å². The summed E-state index contributed by atoms with van der Waals surface area (Å²) in [6, 6.07) is 0. The van der Waals surface area contributed by atoms with Gasteiger partial charge in [0.25, 0.3) is 0 Å². The number of esters is 1. The average molecular weight is 226 g/mol. The van der Waals surface area contributed by atoms with Crippen molar-refractivity contribution >= 4 is 17.5 Å². The largest absolute Gasteiger partial charge is 0.460 e. The minimum atomic E-state index is -0.866. The number of ketones is 2. The van der Waals surface area contributed by atoms with Gasteiger partial charge in [-0.3, -0.25) is 9.59 Å². The summed E-state index contributed by atoms with van der Waals surface area (Å²) in [7, 11) is 0. The van der Waals surface area contributed by atoms with E-state index in [2.05, 4.69) is 4.74 Å². The summed E-state index contributed by atoms with van der Waals surface area (Å²) in [4.78, 5) is 34.9. The van der Waals surface area contributed by atoms with E-state index < -0.39 is 17.7 Å². The highest BCUT2D eigenvalue weighted by molar-refractivity contribution is 6.38. The smallest absolute Gasteiger partial charge is 0.375 e. The molecule has 0 bridgehead atoms. The predicted molar refractivity (Wildman–Crippen MR) is 57.8 cm³/mol. The van der Waals surface area contributed by atoms with Crippen molar-refractivity contribution in [2.75, 3.05) is 6.61 Å². The van der Waals surface area contributed by atoms with Crippen LogP contribution in [0, 0.1) is 11.8 Å². The van der Waals surface area contributed by atoms with Crippen molar-refractivity contribution in [3.63, 3.8) is 0 Å². The SMILES string of the molecule is CCOC(=O)C(=O)C1CCCCC(C)C1=O. The molecular formula is C12H18O4. The van der Waals surface area contributed by atoms with Crippen LogP contribution < -0.4 is 0 Å². The first-order valence-electron chi connectivity index (χ1n) is 5.82. The number of hydrogen-bond donors (Lipinski definition) is 0. The molecule has 0 aliphatic heterocycles. The fraction of sp³-hybridized carbons (Fsp3) is 0.750. The number of hydrogen-bond acceptors (Lipinski definition) is 4. The van der Waals surface area contributed by atoms with E-state index in [1.165, 1.54) is 0 Å². The molecular weight excluding hydrogens is 208 g/mol. The number of carbonyl (C=O) groups is 3. The zero-order chi connectivity index (χ0) is 12.1. The quantitative estimate of drug-likeness (QED) is 0.317. The monoisotopic (exact) mass is 226 g/mol. The summed E-state index contributed by atoms with van der Waals surface area (Å²) in [5.41, 5.74) is 0. The summed E-state index contributed by atoms with van der Waals surface area (Å²) >= 11 is 0. The minimum absolute atomic E-state index is 0.101. The molecule has 1 rings (SSSR count). The second-order valence-electron chi connectivity index (χ2n) is 4.23. The molecule has 0 heterocycles. The van der Waals surface area contributed by atoms with Crippen molar-refractivity contribution in [3.05, 3.63) is 0 Å². The fourth-order valence-electron chi connectivity index (χ4n) is 2.03. The third kappa shape index (κ3) is 2.90. The third-order valence-corrected chi connectivity index (χ3v) is 3.00. The van der Waals surface area contributed by atoms with E-state index in [0.717, 1.165) is 19.3 Å². The molecule has 0 radical (unpaired) electrons. The summed E-state index contributed by atoms with van der Waals surface area (Å²) in [6.07, 6.45) is 3.07. The number of Topliss-reactive ketones (excluding diaryl/α,β-unsaturated/α-hetero) is 2. The van der Waals surface area contributed by atoms with Crippen LogP contribution in [-0.4, -0.2) is 24.1 Å². The first kappa shape index (κ1) is 12.9. The van der Waals surface area contributed by atoms with Gasteiger partial charge in [-0.15, -0.1) is 0 Å². The topological polar surface area (TPSA) is 60.4 Å². The zero-order valence-corrected chi connectivity index (χ0v) is 9.82. The van der Waals surface area contributed by atoms with Crippen molar-refractivity contribution in [3.8, 4) is 0 Å². The predicted octanol–water partition coefficient (Wildman–Crippen LogP) is 1.51. The third-order valence-electron chi connectivity index (χ3n) is 3.00. The van der Waals surface area contributed by atoms with Gasteiger partial charge in [-0.2, -0.15) is 0 Å². The molecule has 4 heteroatoms. The Labute approximate surface area is 95.3 Å². The van der Waals surface area contributed by atoms with Gasteiger partial charge >= 0.3 is 5.97 Å². The van der Waals surface area contributed by atoms with Crippen molar-refractivity contribution in [2.24, 2.45) is 11.8 Å². The molecule has 0 N–H and O–H groups in total. The van der Waals surface area contributed by atoms with E-state index in [4.69, 9.17) is 0 Å². The first-order valence-corrected chi connectivity index (χ1v) is 5.82. The minimum Gasteiger partial charge on any atom is -0.460 e. The van der Waals surface area contributed by atoms with Crippen LogP contribution in [0.4, 0.5) is 0 Å². The van der Waals surface area contributed by atoms with Crippen LogP contribution in [0.1, 0.15) is 39.5 Å². The van der Waals surface area contributed by atoms with Crippen LogP contribution in [0.3, 0.4) is 0 Å². The molecule has 0 spiro atoms. The van der Waals surface area contributed by atoms with Crippen LogP contribution >= 0.6 is 0 Å². The van der Waals surface area contributed by atoms with Gasteiger partial charge in [0.05, 0.1) is 12.5 Å². The van der Waals surface area contributed by atoms with E-state index >= 15 is 0 Å². The molecule has 0 aromatic rings. The maximum absolute atomic E-state index is 11.9. The standard InChI is InChI=1S/C12H18O4/c1-3-16-12(15)11(14)9-7-5-4-6-8(2)10(9)13/h8-9H,3-7H2,1-2H3. The Morgan fingerprint density at radius 2 is 1.94 bits per heavy atom. The maximum atomic E-state index is 11.9. The van der Waals surface area contributed by atoms with Gasteiger partial charge < -0.3 is 4.74 Å². The lowest BCUT2D eigenvalue weighted by Gasteiger charge is -2.13. The maximum Gasteiger partial charge on any atom is 0.375 e. The zero-order valence-electron chi connectivity index (χ0n) is 9.82. The number of ether oxygens (including phenoxy) is 1. The van der Waals surface area contributed by atoms with Gasteiger partial charge in [0.15, 0.2) is 0 Å². The molecule has 0 saturated heterocycles. The highest BCUT2D eigenvalue weighted by atomic mass is 16.5. The van der Waals surface area contributed by atoms with Gasteiger partial charge in [0.2, 0.25) is 5.78 Å².